The van der Waals surface area contributed by atoms with Crippen molar-refractivity contribution in [2.75, 3.05) is 0 Å². The normalized spacial score (nSPS) is 18.0. The largest absolute Gasteiger partial charge is 0.458 e. The molecular formula is C10H14N2O2. The molecule has 4 heteroatoms. The van der Waals surface area contributed by atoms with E-state index in [1.165, 1.54) is 31.8 Å². The molecule has 2 rings (SSSR count). The molecule has 0 amide bonds. The molecule has 0 saturated heterocycles. The number of hydrogen-bond acceptors (Lipinski definition) is 3. The fraction of sp³-hybridized carbons (Fsp3) is 0.600. The SMILES string of the molecule is O=C(OC1CCCCC1)c1cnc[nH]1. The van der Waals surface area contributed by atoms with Crippen molar-refractivity contribution in [3.05, 3.63) is 18.2 Å². The van der Waals surface area contributed by atoms with Crippen LogP contribution in [0.5, 0.6) is 0 Å². The van der Waals surface area contributed by atoms with E-state index in [1.54, 1.807) is 0 Å². The van der Waals surface area contributed by atoms with Crippen LogP contribution in [0.3, 0.4) is 0 Å². The second-order valence-electron chi connectivity index (χ2n) is 3.63. The summed E-state index contributed by atoms with van der Waals surface area (Å²) in [5.41, 5.74) is 0.440. The van der Waals surface area contributed by atoms with Crippen molar-refractivity contribution in [1.82, 2.24) is 9.97 Å². The summed E-state index contributed by atoms with van der Waals surface area (Å²) in [7, 11) is 0. The van der Waals surface area contributed by atoms with E-state index < -0.39 is 0 Å². The molecule has 1 N–H and O–H groups in total. The summed E-state index contributed by atoms with van der Waals surface area (Å²) >= 11 is 0. The molecule has 1 saturated carbocycles. The van der Waals surface area contributed by atoms with Gasteiger partial charge in [-0.05, 0) is 25.7 Å². The van der Waals surface area contributed by atoms with Crippen molar-refractivity contribution < 1.29 is 9.53 Å². The first-order valence-electron chi connectivity index (χ1n) is 5.05. The molecule has 0 radical (unpaired) electrons. The predicted octanol–water partition coefficient (Wildman–Crippen LogP) is 1.90. The number of nitrogens with zero attached hydrogens (tertiary/aromatic N) is 1. The topological polar surface area (TPSA) is 55.0 Å². The number of esters is 1. The molecule has 1 aromatic heterocycles. The van der Waals surface area contributed by atoms with Gasteiger partial charge in [-0.3, -0.25) is 0 Å². The maximum absolute atomic E-state index is 11.5. The number of nitrogens with one attached hydrogen (secondary N) is 1. The van der Waals surface area contributed by atoms with E-state index in [0.29, 0.717) is 5.69 Å². The van der Waals surface area contributed by atoms with Crippen LogP contribution in [-0.2, 0) is 4.74 Å². The van der Waals surface area contributed by atoms with Gasteiger partial charge in [0.05, 0.1) is 12.5 Å². The Morgan fingerprint density at radius 3 is 2.86 bits per heavy atom. The van der Waals surface area contributed by atoms with Gasteiger partial charge in [-0.15, -0.1) is 0 Å². The molecule has 1 aromatic rings. The molecular weight excluding hydrogens is 180 g/mol. The third-order valence-electron chi connectivity index (χ3n) is 2.54. The number of hydrogen-bond donors (Lipinski definition) is 1. The molecule has 0 aromatic carbocycles. The van der Waals surface area contributed by atoms with Gasteiger partial charge in [0.25, 0.3) is 0 Å². The van der Waals surface area contributed by atoms with Crippen molar-refractivity contribution in [1.29, 1.82) is 0 Å². The zero-order valence-electron chi connectivity index (χ0n) is 8.03. The summed E-state index contributed by atoms with van der Waals surface area (Å²) < 4.78 is 5.33. The Bertz CT molecular complexity index is 289. The average Bonchev–Trinajstić information content (AvgIpc) is 2.72. The lowest BCUT2D eigenvalue weighted by molar-refractivity contribution is 0.0205. The second kappa shape index (κ2) is 4.26. The monoisotopic (exact) mass is 194 g/mol. The molecule has 0 bridgehead atoms. The summed E-state index contributed by atoms with van der Waals surface area (Å²) in [6.45, 7) is 0. The average molecular weight is 194 g/mol. The van der Waals surface area contributed by atoms with Crippen LogP contribution in [0.2, 0.25) is 0 Å². The Hall–Kier alpha value is -1.32. The van der Waals surface area contributed by atoms with Crippen LogP contribution in [0.4, 0.5) is 0 Å². The van der Waals surface area contributed by atoms with Gasteiger partial charge in [0.2, 0.25) is 0 Å². The van der Waals surface area contributed by atoms with E-state index in [-0.39, 0.29) is 12.1 Å². The van der Waals surface area contributed by atoms with Gasteiger partial charge in [0.1, 0.15) is 11.8 Å². The second-order valence-corrected chi connectivity index (χ2v) is 3.63. The predicted molar refractivity (Wildman–Crippen MR) is 50.9 cm³/mol. The van der Waals surface area contributed by atoms with Crippen LogP contribution in [0.15, 0.2) is 12.5 Å². The van der Waals surface area contributed by atoms with Gasteiger partial charge >= 0.3 is 5.97 Å². The number of ether oxygens (including phenoxy) is 1. The molecule has 4 nitrogen and oxygen atoms in total. The van der Waals surface area contributed by atoms with Crippen LogP contribution < -0.4 is 0 Å². The number of aromatic amines is 1. The molecule has 0 unspecified atom stereocenters. The Morgan fingerprint density at radius 2 is 2.21 bits per heavy atom. The smallest absolute Gasteiger partial charge is 0.356 e. The molecule has 1 fully saturated rings. The fourth-order valence-corrected chi connectivity index (χ4v) is 1.77. The number of carbonyl (C=O) groups excluding carboxylic acids is 1. The minimum absolute atomic E-state index is 0.111. The molecule has 1 aliphatic rings. The number of H-pyrrole nitrogens is 1. The van der Waals surface area contributed by atoms with E-state index >= 15 is 0 Å². The summed E-state index contributed by atoms with van der Waals surface area (Å²) in [4.78, 5) is 18.0. The Morgan fingerprint density at radius 1 is 1.43 bits per heavy atom. The third kappa shape index (κ3) is 2.13. The fourth-order valence-electron chi connectivity index (χ4n) is 1.77. The molecule has 1 aliphatic carbocycles. The highest BCUT2D eigenvalue weighted by Gasteiger charge is 2.19. The Balaban J connectivity index is 1.87. The van der Waals surface area contributed by atoms with Crippen LogP contribution in [0, 0.1) is 0 Å². The number of rotatable bonds is 2. The first-order chi connectivity index (χ1) is 6.86. The van der Waals surface area contributed by atoms with Crippen LogP contribution >= 0.6 is 0 Å². The first kappa shape index (κ1) is 9.24. The van der Waals surface area contributed by atoms with Gasteiger partial charge in [-0.25, -0.2) is 9.78 Å². The van der Waals surface area contributed by atoms with Gasteiger partial charge in [0, 0.05) is 0 Å². The quantitative estimate of drug-likeness (QED) is 0.731. The summed E-state index contributed by atoms with van der Waals surface area (Å²) in [6, 6.07) is 0. The summed E-state index contributed by atoms with van der Waals surface area (Å²) in [5.74, 6) is -0.283. The number of carbonyl (C=O) groups is 1. The number of aromatic nitrogens is 2. The van der Waals surface area contributed by atoms with Crippen molar-refractivity contribution in [3.63, 3.8) is 0 Å². The van der Waals surface area contributed by atoms with Crippen molar-refractivity contribution in [3.8, 4) is 0 Å². The van der Waals surface area contributed by atoms with Gasteiger partial charge in [-0.2, -0.15) is 0 Å². The zero-order valence-corrected chi connectivity index (χ0v) is 8.03. The standard InChI is InChI=1S/C10H14N2O2/c13-10(9-6-11-7-12-9)14-8-4-2-1-3-5-8/h6-8H,1-5H2,(H,11,12). The Labute approximate surface area is 82.7 Å². The maximum Gasteiger partial charge on any atom is 0.356 e. The van der Waals surface area contributed by atoms with E-state index in [2.05, 4.69) is 9.97 Å². The minimum atomic E-state index is -0.283. The summed E-state index contributed by atoms with van der Waals surface area (Å²) in [5, 5.41) is 0. The third-order valence-corrected chi connectivity index (χ3v) is 2.54. The first-order valence-corrected chi connectivity index (χ1v) is 5.05. The molecule has 14 heavy (non-hydrogen) atoms. The summed E-state index contributed by atoms with van der Waals surface area (Å²) in [6.07, 6.45) is 8.68. The van der Waals surface area contributed by atoms with Gasteiger partial charge < -0.3 is 9.72 Å². The van der Waals surface area contributed by atoms with E-state index in [1.807, 2.05) is 0 Å². The molecule has 76 valence electrons. The van der Waals surface area contributed by atoms with Crippen molar-refractivity contribution >= 4 is 5.97 Å². The van der Waals surface area contributed by atoms with Crippen LogP contribution in [-0.4, -0.2) is 22.0 Å². The maximum atomic E-state index is 11.5. The lowest BCUT2D eigenvalue weighted by atomic mass is 9.98. The van der Waals surface area contributed by atoms with Gasteiger partial charge in [-0.1, -0.05) is 6.42 Å². The van der Waals surface area contributed by atoms with E-state index in [4.69, 9.17) is 4.74 Å². The van der Waals surface area contributed by atoms with Crippen LogP contribution in [0.1, 0.15) is 42.6 Å². The van der Waals surface area contributed by atoms with Crippen LogP contribution in [0.25, 0.3) is 0 Å². The molecule has 0 atom stereocenters. The minimum Gasteiger partial charge on any atom is -0.458 e. The highest BCUT2D eigenvalue weighted by atomic mass is 16.5. The Kier molecular flexibility index (Phi) is 2.81. The van der Waals surface area contributed by atoms with Crippen molar-refractivity contribution in [2.45, 2.75) is 38.2 Å². The van der Waals surface area contributed by atoms with Crippen molar-refractivity contribution in [2.24, 2.45) is 0 Å². The van der Waals surface area contributed by atoms with E-state index in [9.17, 15) is 4.79 Å². The molecule has 0 spiro atoms. The lowest BCUT2D eigenvalue weighted by Gasteiger charge is -2.21. The number of imidazole rings is 1. The lowest BCUT2D eigenvalue weighted by Crippen LogP contribution is -2.21. The highest BCUT2D eigenvalue weighted by molar-refractivity contribution is 5.86. The van der Waals surface area contributed by atoms with Gasteiger partial charge in [0.15, 0.2) is 0 Å². The zero-order chi connectivity index (χ0) is 9.80. The molecule has 0 aliphatic heterocycles. The van der Waals surface area contributed by atoms with E-state index in [0.717, 1.165) is 12.8 Å². The highest BCUT2D eigenvalue weighted by Crippen LogP contribution is 2.20. The molecule has 1 heterocycles.